The molecule has 1 aromatic rings. The monoisotopic (exact) mass is 251 g/mol. The Morgan fingerprint density at radius 2 is 1.89 bits per heavy atom. The molecule has 0 heterocycles. The molecule has 18 heavy (non-hydrogen) atoms. The van der Waals surface area contributed by atoms with Crippen LogP contribution in [0.15, 0.2) is 24.3 Å². The zero-order chi connectivity index (χ0) is 13.5. The Labute approximate surface area is 108 Å². The molecule has 100 valence electrons. The van der Waals surface area contributed by atoms with Gasteiger partial charge in [0.05, 0.1) is 6.10 Å². The van der Waals surface area contributed by atoms with Gasteiger partial charge in [-0.25, -0.2) is 4.79 Å². The Kier molecular flexibility index (Phi) is 5.45. The van der Waals surface area contributed by atoms with Crippen LogP contribution in [0.1, 0.15) is 12.5 Å². The summed E-state index contributed by atoms with van der Waals surface area (Å²) in [7, 11) is 3.97. The molecule has 0 bridgehead atoms. The van der Waals surface area contributed by atoms with Crippen LogP contribution in [0, 0.1) is 0 Å². The van der Waals surface area contributed by atoms with E-state index in [2.05, 4.69) is 10.6 Å². The average molecular weight is 251 g/mol. The van der Waals surface area contributed by atoms with Crippen molar-refractivity contribution in [2.24, 2.45) is 0 Å². The van der Waals surface area contributed by atoms with Crippen molar-refractivity contribution < 1.29 is 9.90 Å². The first-order chi connectivity index (χ1) is 8.49. The summed E-state index contributed by atoms with van der Waals surface area (Å²) in [5, 5.41) is 14.3. The highest BCUT2D eigenvalue weighted by Gasteiger charge is 2.02. The number of amides is 2. The summed E-state index contributed by atoms with van der Waals surface area (Å²) in [6, 6.07) is 7.69. The number of nitrogens with zero attached hydrogens (tertiary/aromatic N) is 1. The van der Waals surface area contributed by atoms with Gasteiger partial charge in [-0.2, -0.15) is 0 Å². The van der Waals surface area contributed by atoms with Crippen LogP contribution < -0.4 is 15.5 Å². The van der Waals surface area contributed by atoms with Crippen molar-refractivity contribution in [1.29, 1.82) is 0 Å². The summed E-state index contributed by atoms with van der Waals surface area (Å²) < 4.78 is 0. The number of carbonyl (C=O) groups excluding carboxylic acids is 1. The second-order valence-corrected chi connectivity index (χ2v) is 4.47. The lowest BCUT2D eigenvalue weighted by molar-refractivity contribution is 0.187. The third-order valence-electron chi connectivity index (χ3n) is 2.46. The quantitative estimate of drug-likeness (QED) is 0.729. The van der Waals surface area contributed by atoms with Crippen molar-refractivity contribution in [1.82, 2.24) is 10.6 Å². The topological polar surface area (TPSA) is 64.6 Å². The van der Waals surface area contributed by atoms with E-state index in [1.54, 1.807) is 6.92 Å². The van der Waals surface area contributed by atoms with E-state index in [0.29, 0.717) is 6.54 Å². The molecule has 0 radical (unpaired) electrons. The van der Waals surface area contributed by atoms with Gasteiger partial charge in [-0.05, 0) is 24.6 Å². The molecule has 0 spiro atoms. The van der Waals surface area contributed by atoms with Crippen LogP contribution in [0.5, 0.6) is 0 Å². The Hall–Kier alpha value is -1.75. The second kappa shape index (κ2) is 6.86. The molecule has 1 rings (SSSR count). The lowest BCUT2D eigenvalue weighted by atomic mass is 10.2. The maximum atomic E-state index is 11.4. The third-order valence-corrected chi connectivity index (χ3v) is 2.46. The van der Waals surface area contributed by atoms with Crippen LogP contribution in [0.25, 0.3) is 0 Å². The van der Waals surface area contributed by atoms with E-state index in [9.17, 15) is 4.79 Å². The highest BCUT2D eigenvalue weighted by atomic mass is 16.3. The molecular formula is C13H21N3O2. The van der Waals surface area contributed by atoms with E-state index in [1.165, 1.54) is 0 Å². The normalized spacial score (nSPS) is 11.8. The predicted octanol–water partition coefficient (Wildman–Crippen LogP) is 0.933. The predicted molar refractivity (Wildman–Crippen MR) is 72.7 cm³/mol. The first-order valence-electron chi connectivity index (χ1n) is 5.95. The van der Waals surface area contributed by atoms with Gasteiger partial charge >= 0.3 is 6.03 Å². The summed E-state index contributed by atoms with van der Waals surface area (Å²) in [5.74, 6) is 0. The fourth-order valence-electron chi connectivity index (χ4n) is 1.40. The van der Waals surface area contributed by atoms with Crippen LogP contribution >= 0.6 is 0 Å². The van der Waals surface area contributed by atoms with Gasteiger partial charge in [0.2, 0.25) is 0 Å². The smallest absolute Gasteiger partial charge is 0.315 e. The number of aliphatic hydroxyl groups is 1. The van der Waals surface area contributed by atoms with E-state index in [4.69, 9.17) is 5.11 Å². The van der Waals surface area contributed by atoms with Crippen molar-refractivity contribution in [2.45, 2.75) is 19.6 Å². The number of hydrogen-bond donors (Lipinski definition) is 3. The molecule has 0 aliphatic carbocycles. The molecule has 1 unspecified atom stereocenters. The molecule has 2 amide bonds. The van der Waals surface area contributed by atoms with E-state index in [1.807, 2.05) is 43.3 Å². The SMILES string of the molecule is CC(O)CNC(=O)NCc1ccc(N(C)C)cc1. The zero-order valence-corrected chi connectivity index (χ0v) is 11.1. The Morgan fingerprint density at radius 3 is 2.39 bits per heavy atom. The standard InChI is InChI=1S/C13H21N3O2/c1-10(17)8-14-13(18)15-9-11-4-6-12(7-5-11)16(2)3/h4-7,10,17H,8-9H2,1-3H3,(H2,14,15,18). The van der Waals surface area contributed by atoms with Crippen molar-refractivity contribution in [3.05, 3.63) is 29.8 Å². The van der Waals surface area contributed by atoms with Crippen LogP contribution in [0.3, 0.4) is 0 Å². The lowest BCUT2D eigenvalue weighted by Gasteiger charge is -2.13. The first-order valence-corrected chi connectivity index (χ1v) is 5.95. The maximum absolute atomic E-state index is 11.4. The minimum atomic E-state index is -0.532. The van der Waals surface area contributed by atoms with E-state index in [0.717, 1.165) is 11.3 Å². The van der Waals surface area contributed by atoms with Gasteiger partial charge in [0.1, 0.15) is 0 Å². The van der Waals surface area contributed by atoms with E-state index in [-0.39, 0.29) is 12.6 Å². The summed E-state index contributed by atoms with van der Waals surface area (Å²) >= 11 is 0. The molecule has 3 N–H and O–H groups in total. The molecule has 0 aliphatic heterocycles. The van der Waals surface area contributed by atoms with Gasteiger partial charge in [0.15, 0.2) is 0 Å². The highest BCUT2D eigenvalue weighted by molar-refractivity contribution is 5.73. The van der Waals surface area contributed by atoms with Gasteiger partial charge in [-0.15, -0.1) is 0 Å². The second-order valence-electron chi connectivity index (χ2n) is 4.47. The molecule has 5 heteroatoms. The zero-order valence-electron chi connectivity index (χ0n) is 11.1. The Bertz CT molecular complexity index is 374. The fraction of sp³-hybridized carbons (Fsp3) is 0.462. The molecule has 1 atom stereocenters. The van der Waals surface area contributed by atoms with Crippen molar-refractivity contribution in [2.75, 3.05) is 25.5 Å². The van der Waals surface area contributed by atoms with Gasteiger partial charge < -0.3 is 20.6 Å². The molecule has 0 aliphatic rings. The van der Waals surface area contributed by atoms with Crippen LogP contribution in [0.2, 0.25) is 0 Å². The number of aliphatic hydroxyl groups excluding tert-OH is 1. The third kappa shape index (κ3) is 5.05. The lowest BCUT2D eigenvalue weighted by Crippen LogP contribution is -2.38. The first kappa shape index (κ1) is 14.3. The van der Waals surface area contributed by atoms with Crippen molar-refractivity contribution in [3.63, 3.8) is 0 Å². The number of anilines is 1. The summed E-state index contributed by atoms with van der Waals surface area (Å²) in [5.41, 5.74) is 2.16. The number of urea groups is 1. The number of rotatable bonds is 5. The van der Waals surface area contributed by atoms with Crippen molar-refractivity contribution in [3.8, 4) is 0 Å². The van der Waals surface area contributed by atoms with Crippen LogP contribution in [-0.2, 0) is 6.54 Å². The van der Waals surface area contributed by atoms with Crippen LogP contribution in [-0.4, -0.2) is 37.9 Å². The highest BCUT2D eigenvalue weighted by Crippen LogP contribution is 2.11. The van der Waals surface area contributed by atoms with Gasteiger partial charge in [-0.1, -0.05) is 12.1 Å². The summed E-state index contributed by atoms with van der Waals surface area (Å²) in [6.07, 6.45) is -0.532. The fourth-order valence-corrected chi connectivity index (χ4v) is 1.40. The molecule has 0 aromatic heterocycles. The Morgan fingerprint density at radius 1 is 1.28 bits per heavy atom. The van der Waals surface area contributed by atoms with E-state index < -0.39 is 6.10 Å². The van der Waals surface area contributed by atoms with Crippen molar-refractivity contribution >= 4 is 11.7 Å². The minimum absolute atomic E-state index is 0.255. The Balaban J connectivity index is 2.37. The molecule has 0 fully saturated rings. The molecule has 0 saturated heterocycles. The molecular weight excluding hydrogens is 230 g/mol. The molecule has 5 nitrogen and oxygen atoms in total. The molecule has 1 aromatic carbocycles. The van der Waals surface area contributed by atoms with Crippen LogP contribution in [0.4, 0.5) is 10.5 Å². The summed E-state index contributed by atoms with van der Waals surface area (Å²) in [6.45, 7) is 2.35. The maximum Gasteiger partial charge on any atom is 0.315 e. The van der Waals surface area contributed by atoms with Gasteiger partial charge in [0, 0.05) is 32.9 Å². The minimum Gasteiger partial charge on any atom is -0.392 e. The number of carbonyl (C=O) groups is 1. The average Bonchev–Trinajstić information content (AvgIpc) is 2.34. The largest absolute Gasteiger partial charge is 0.392 e. The summed E-state index contributed by atoms with van der Waals surface area (Å²) in [4.78, 5) is 13.4. The van der Waals surface area contributed by atoms with Gasteiger partial charge in [0.25, 0.3) is 0 Å². The van der Waals surface area contributed by atoms with Gasteiger partial charge in [-0.3, -0.25) is 0 Å². The molecule has 0 saturated carbocycles. The number of benzene rings is 1. The number of nitrogens with one attached hydrogen (secondary N) is 2. The number of hydrogen-bond acceptors (Lipinski definition) is 3. The van der Waals surface area contributed by atoms with E-state index >= 15 is 0 Å².